The van der Waals surface area contributed by atoms with Crippen LogP contribution in [-0.4, -0.2) is 43.5 Å². The first-order chi connectivity index (χ1) is 13.2. The number of carbonyl (C=O) groups is 1. The van der Waals surface area contributed by atoms with Gasteiger partial charge >= 0.3 is 6.18 Å². The highest BCUT2D eigenvalue weighted by Crippen LogP contribution is 2.33. The van der Waals surface area contributed by atoms with Crippen molar-refractivity contribution >= 4 is 40.5 Å². The number of anilines is 2. The van der Waals surface area contributed by atoms with Crippen molar-refractivity contribution in [2.75, 3.05) is 42.9 Å². The van der Waals surface area contributed by atoms with Gasteiger partial charge in [-0.15, -0.1) is 0 Å². The molecule has 28 heavy (non-hydrogen) atoms. The molecule has 1 heterocycles. The monoisotopic (exact) mass is 431 g/mol. The van der Waals surface area contributed by atoms with E-state index in [1.54, 1.807) is 0 Å². The topological polar surface area (TPSA) is 35.6 Å². The van der Waals surface area contributed by atoms with E-state index in [-0.39, 0.29) is 17.3 Å². The van der Waals surface area contributed by atoms with Gasteiger partial charge in [0.25, 0.3) is 0 Å². The third-order valence-corrected chi connectivity index (χ3v) is 5.08. The summed E-state index contributed by atoms with van der Waals surface area (Å²) in [6, 6.07) is 10.4. The number of hydrogen-bond donors (Lipinski definition) is 1. The van der Waals surface area contributed by atoms with Crippen LogP contribution in [0.25, 0.3) is 0 Å². The van der Waals surface area contributed by atoms with Crippen LogP contribution < -0.4 is 10.2 Å². The minimum Gasteiger partial charge on any atom is -0.369 e. The first-order valence-corrected chi connectivity index (χ1v) is 9.37. The van der Waals surface area contributed by atoms with Gasteiger partial charge in [0, 0.05) is 36.9 Å². The van der Waals surface area contributed by atoms with E-state index < -0.39 is 17.6 Å². The van der Waals surface area contributed by atoms with Gasteiger partial charge in [-0.05, 0) is 42.5 Å². The maximum atomic E-state index is 12.8. The van der Waals surface area contributed by atoms with Gasteiger partial charge < -0.3 is 10.2 Å². The zero-order chi connectivity index (χ0) is 20.3. The summed E-state index contributed by atoms with van der Waals surface area (Å²) in [5.41, 5.74) is 0.161. The lowest BCUT2D eigenvalue weighted by Crippen LogP contribution is -2.48. The highest BCUT2D eigenvalue weighted by Gasteiger charge is 2.31. The number of nitrogens with zero attached hydrogens (tertiary/aromatic N) is 2. The average Bonchev–Trinajstić information content (AvgIpc) is 2.64. The Labute approximate surface area is 170 Å². The summed E-state index contributed by atoms with van der Waals surface area (Å²) in [6.45, 7) is 2.87. The zero-order valence-electron chi connectivity index (χ0n) is 14.8. The number of amides is 1. The van der Waals surface area contributed by atoms with E-state index in [4.69, 9.17) is 23.2 Å². The molecule has 0 radical (unpaired) electrons. The van der Waals surface area contributed by atoms with E-state index in [1.807, 2.05) is 29.2 Å². The SMILES string of the molecule is O=C(CN1CCN(c2ccc(Cl)cc2)CC1)Nc1cc(C(F)(F)F)ccc1Cl. The molecule has 2 aromatic rings. The molecule has 1 amide bonds. The Bertz CT molecular complexity index is 835. The van der Waals surface area contributed by atoms with E-state index >= 15 is 0 Å². The lowest BCUT2D eigenvalue weighted by Gasteiger charge is -2.35. The van der Waals surface area contributed by atoms with E-state index in [0.717, 1.165) is 37.0 Å². The first-order valence-electron chi connectivity index (χ1n) is 8.62. The van der Waals surface area contributed by atoms with Gasteiger partial charge in [-0.1, -0.05) is 23.2 Å². The van der Waals surface area contributed by atoms with Crippen LogP contribution in [0.2, 0.25) is 10.0 Å². The van der Waals surface area contributed by atoms with Crippen LogP contribution >= 0.6 is 23.2 Å². The number of carbonyl (C=O) groups excluding carboxylic acids is 1. The standard InChI is InChI=1S/C19H18Cl2F3N3O/c20-14-2-4-15(5-3-14)27-9-7-26(8-10-27)12-18(28)25-17-11-13(19(22,23)24)1-6-16(17)21/h1-6,11H,7-10,12H2,(H,25,28). The maximum Gasteiger partial charge on any atom is 0.416 e. The molecular formula is C19H18Cl2F3N3O. The minimum atomic E-state index is -4.50. The van der Waals surface area contributed by atoms with Gasteiger partial charge in [-0.2, -0.15) is 13.2 Å². The van der Waals surface area contributed by atoms with Crippen molar-refractivity contribution in [1.82, 2.24) is 4.90 Å². The quantitative estimate of drug-likeness (QED) is 0.756. The van der Waals surface area contributed by atoms with E-state index in [0.29, 0.717) is 18.1 Å². The molecule has 1 aliphatic heterocycles. The summed E-state index contributed by atoms with van der Waals surface area (Å²) in [5, 5.41) is 3.22. The minimum absolute atomic E-state index is 0.0405. The van der Waals surface area contributed by atoms with Crippen LogP contribution in [0, 0.1) is 0 Å². The number of piperazine rings is 1. The summed E-state index contributed by atoms with van der Waals surface area (Å²) in [6.07, 6.45) is -4.50. The second-order valence-corrected chi connectivity index (χ2v) is 7.32. The fourth-order valence-electron chi connectivity index (χ4n) is 3.01. The molecular weight excluding hydrogens is 414 g/mol. The van der Waals surface area contributed by atoms with Crippen molar-refractivity contribution < 1.29 is 18.0 Å². The molecule has 0 unspecified atom stereocenters. The Balaban J connectivity index is 1.54. The Morgan fingerprint density at radius 3 is 2.25 bits per heavy atom. The van der Waals surface area contributed by atoms with Gasteiger partial charge in [-0.25, -0.2) is 0 Å². The van der Waals surface area contributed by atoms with E-state index in [1.165, 1.54) is 0 Å². The highest BCUT2D eigenvalue weighted by atomic mass is 35.5. The van der Waals surface area contributed by atoms with Crippen molar-refractivity contribution in [1.29, 1.82) is 0 Å². The molecule has 2 aromatic carbocycles. The summed E-state index contributed by atoms with van der Waals surface area (Å²) in [5.74, 6) is -0.402. The molecule has 150 valence electrons. The predicted octanol–water partition coefficient (Wildman–Crippen LogP) is 4.77. The Morgan fingerprint density at radius 1 is 1.00 bits per heavy atom. The highest BCUT2D eigenvalue weighted by molar-refractivity contribution is 6.33. The third-order valence-electron chi connectivity index (χ3n) is 4.50. The number of rotatable bonds is 4. The molecule has 1 N–H and O–H groups in total. The van der Waals surface area contributed by atoms with Crippen LogP contribution in [0.3, 0.4) is 0 Å². The fraction of sp³-hybridized carbons (Fsp3) is 0.316. The number of alkyl halides is 3. The number of hydrogen-bond acceptors (Lipinski definition) is 3. The largest absolute Gasteiger partial charge is 0.416 e. The van der Waals surface area contributed by atoms with Crippen LogP contribution in [0.15, 0.2) is 42.5 Å². The molecule has 0 spiro atoms. The van der Waals surface area contributed by atoms with Crippen LogP contribution in [0.5, 0.6) is 0 Å². The second-order valence-electron chi connectivity index (χ2n) is 6.48. The lowest BCUT2D eigenvalue weighted by atomic mass is 10.2. The summed E-state index contributed by atoms with van der Waals surface area (Å²) in [7, 11) is 0. The normalized spacial score (nSPS) is 15.5. The fourth-order valence-corrected chi connectivity index (χ4v) is 3.30. The molecule has 0 atom stereocenters. The molecule has 1 aliphatic rings. The van der Waals surface area contributed by atoms with Gasteiger partial charge in [0.15, 0.2) is 0 Å². The second kappa shape index (κ2) is 8.59. The molecule has 0 saturated carbocycles. The predicted molar refractivity (Wildman–Crippen MR) is 105 cm³/mol. The van der Waals surface area contributed by atoms with Gasteiger partial charge in [-0.3, -0.25) is 9.69 Å². The number of nitrogens with one attached hydrogen (secondary N) is 1. The van der Waals surface area contributed by atoms with Crippen molar-refractivity contribution in [3.8, 4) is 0 Å². The van der Waals surface area contributed by atoms with Crippen molar-refractivity contribution in [2.45, 2.75) is 6.18 Å². The third kappa shape index (κ3) is 5.31. The molecule has 9 heteroatoms. The van der Waals surface area contributed by atoms with Gasteiger partial charge in [0.05, 0.1) is 22.8 Å². The lowest BCUT2D eigenvalue weighted by molar-refractivity contribution is -0.137. The molecule has 1 fully saturated rings. The average molecular weight is 432 g/mol. The smallest absolute Gasteiger partial charge is 0.369 e. The number of halogens is 5. The Hall–Kier alpha value is -1.96. The van der Waals surface area contributed by atoms with Crippen LogP contribution in [-0.2, 0) is 11.0 Å². The molecule has 3 rings (SSSR count). The van der Waals surface area contributed by atoms with Crippen LogP contribution in [0.1, 0.15) is 5.56 Å². The maximum absolute atomic E-state index is 12.8. The van der Waals surface area contributed by atoms with Gasteiger partial charge in [0.2, 0.25) is 5.91 Å². The van der Waals surface area contributed by atoms with E-state index in [2.05, 4.69) is 10.2 Å². The molecule has 0 aliphatic carbocycles. The summed E-state index contributed by atoms with van der Waals surface area (Å²) < 4.78 is 38.5. The first kappa shape index (κ1) is 20.8. The summed E-state index contributed by atoms with van der Waals surface area (Å²) in [4.78, 5) is 16.4. The molecule has 0 bridgehead atoms. The van der Waals surface area contributed by atoms with Crippen molar-refractivity contribution in [3.05, 3.63) is 58.1 Å². The molecule has 1 saturated heterocycles. The molecule has 4 nitrogen and oxygen atoms in total. The van der Waals surface area contributed by atoms with E-state index in [9.17, 15) is 18.0 Å². The zero-order valence-corrected chi connectivity index (χ0v) is 16.3. The summed E-state index contributed by atoms with van der Waals surface area (Å²) >= 11 is 11.8. The Morgan fingerprint density at radius 2 is 1.64 bits per heavy atom. The number of benzene rings is 2. The van der Waals surface area contributed by atoms with Gasteiger partial charge in [0.1, 0.15) is 0 Å². The van der Waals surface area contributed by atoms with Crippen LogP contribution in [0.4, 0.5) is 24.5 Å². The van der Waals surface area contributed by atoms with Crippen molar-refractivity contribution in [2.24, 2.45) is 0 Å². The Kier molecular flexibility index (Phi) is 6.37. The van der Waals surface area contributed by atoms with Crippen molar-refractivity contribution in [3.63, 3.8) is 0 Å². The molecule has 0 aromatic heterocycles.